The van der Waals surface area contributed by atoms with Crippen molar-refractivity contribution in [3.8, 4) is 0 Å². The number of likely N-dealkylation sites (N-methyl/N-ethyl adjacent to an activating group) is 1. The van der Waals surface area contributed by atoms with E-state index in [1.54, 1.807) is 7.05 Å². The van der Waals surface area contributed by atoms with E-state index in [-0.39, 0.29) is 5.91 Å². The third-order valence-corrected chi connectivity index (χ3v) is 3.02. The first kappa shape index (κ1) is 11.6. The van der Waals surface area contributed by atoms with Gasteiger partial charge in [0.05, 0.1) is 11.0 Å². The number of rotatable bonds is 2. The van der Waals surface area contributed by atoms with Crippen LogP contribution >= 0.6 is 0 Å². The second-order valence-corrected chi connectivity index (χ2v) is 4.06. The molecule has 0 aliphatic carbocycles. The largest absolute Gasteiger partial charge is 0.358 e. The molecule has 0 spiro atoms. The lowest BCUT2D eigenvalue weighted by Crippen LogP contribution is -2.31. The molecule has 90 valence electrons. The van der Waals surface area contributed by atoms with Crippen molar-refractivity contribution in [3.63, 3.8) is 0 Å². The van der Waals surface area contributed by atoms with E-state index in [0.717, 1.165) is 22.4 Å². The maximum absolute atomic E-state index is 11.5. The van der Waals surface area contributed by atoms with Gasteiger partial charge in [0.25, 0.3) is 0 Å². The van der Waals surface area contributed by atoms with E-state index >= 15 is 0 Å². The van der Waals surface area contributed by atoms with Gasteiger partial charge < -0.3 is 15.6 Å². The molecular formula is C12H16N4O. The minimum absolute atomic E-state index is 0.197. The highest BCUT2D eigenvalue weighted by atomic mass is 16.2. The van der Waals surface area contributed by atoms with Crippen molar-refractivity contribution in [2.45, 2.75) is 13.0 Å². The average molecular weight is 232 g/mol. The summed E-state index contributed by atoms with van der Waals surface area (Å²) < 4.78 is 2.00. The number of hydrogen-bond donors (Lipinski definition) is 2. The lowest BCUT2D eigenvalue weighted by atomic mass is 10.1. The summed E-state index contributed by atoms with van der Waals surface area (Å²) in [4.78, 5) is 15.9. The Labute approximate surface area is 99.6 Å². The predicted octanol–water partition coefficient (Wildman–Crippen LogP) is 0.628. The fraction of sp³-hybridized carbons (Fsp3) is 0.333. The Balaban J connectivity index is 2.48. The van der Waals surface area contributed by atoms with Crippen LogP contribution in [0.15, 0.2) is 18.2 Å². The van der Waals surface area contributed by atoms with Crippen LogP contribution < -0.4 is 11.1 Å². The molecular weight excluding hydrogens is 216 g/mol. The van der Waals surface area contributed by atoms with Crippen molar-refractivity contribution in [1.82, 2.24) is 14.9 Å². The molecule has 1 amide bonds. The van der Waals surface area contributed by atoms with Gasteiger partial charge in [-0.3, -0.25) is 4.79 Å². The third kappa shape index (κ3) is 1.89. The van der Waals surface area contributed by atoms with E-state index < -0.39 is 6.04 Å². The number of nitrogens with two attached hydrogens (primary N) is 1. The maximum Gasteiger partial charge on any atom is 0.241 e. The zero-order chi connectivity index (χ0) is 12.6. The van der Waals surface area contributed by atoms with Crippen LogP contribution in [0, 0.1) is 6.92 Å². The van der Waals surface area contributed by atoms with Crippen LogP contribution in [0.3, 0.4) is 0 Å². The Morgan fingerprint density at radius 2 is 2.24 bits per heavy atom. The van der Waals surface area contributed by atoms with Crippen LogP contribution in [0.25, 0.3) is 11.0 Å². The zero-order valence-corrected chi connectivity index (χ0v) is 10.2. The number of amides is 1. The number of imidazole rings is 1. The summed E-state index contributed by atoms with van der Waals surface area (Å²) in [6, 6.07) is 5.02. The summed E-state index contributed by atoms with van der Waals surface area (Å²) >= 11 is 0. The summed E-state index contributed by atoms with van der Waals surface area (Å²) in [5, 5.41) is 2.54. The van der Waals surface area contributed by atoms with E-state index in [1.807, 2.05) is 36.7 Å². The van der Waals surface area contributed by atoms with Crippen molar-refractivity contribution in [2.24, 2.45) is 12.8 Å². The van der Waals surface area contributed by atoms with Gasteiger partial charge in [0.2, 0.25) is 5.91 Å². The van der Waals surface area contributed by atoms with Gasteiger partial charge in [-0.15, -0.1) is 0 Å². The van der Waals surface area contributed by atoms with Crippen molar-refractivity contribution in [1.29, 1.82) is 0 Å². The third-order valence-electron chi connectivity index (χ3n) is 3.02. The second kappa shape index (κ2) is 4.18. The Kier molecular flexibility index (Phi) is 2.85. The molecule has 0 saturated carbocycles. The van der Waals surface area contributed by atoms with Crippen LogP contribution in [0.2, 0.25) is 0 Å². The molecule has 5 heteroatoms. The molecule has 0 aliphatic heterocycles. The van der Waals surface area contributed by atoms with Gasteiger partial charge in [0, 0.05) is 14.1 Å². The van der Waals surface area contributed by atoms with Gasteiger partial charge in [-0.2, -0.15) is 0 Å². The molecule has 2 aromatic rings. The number of nitrogens with zero attached hydrogens (tertiary/aromatic N) is 2. The van der Waals surface area contributed by atoms with Gasteiger partial charge in [-0.05, 0) is 24.6 Å². The highest BCUT2D eigenvalue weighted by molar-refractivity contribution is 5.85. The standard InChI is InChI=1S/C12H16N4O/c1-7-15-9-6-8(11(13)12(17)14-2)4-5-10(9)16(7)3/h4-6,11H,13H2,1-3H3,(H,14,17). The highest BCUT2D eigenvalue weighted by Crippen LogP contribution is 2.19. The Morgan fingerprint density at radius 3 is 2.88 bits per heavy atom. The highest BCUT2D eigenvalue weighted by Gasteiger charge is 2.15. The van der Waals surface area contributed by atoms with E-state index in [2.05, 4.69) is 10.3 Å². The molecule has 17 heavy (non-hydrogen) atoms. The van der Waals surface area contributed by atoms with Gasteiger partial charge >= 0.3 is 0 Å². The topological polar surface area (TPSA) is 72.9 Å². The Hall–Kier alpha value is -1.88. The summed E-state index contributed by atoms with van der Waals surface area (Å²) in [6.07, 6.45) is 0. The lowest BCUT2D eigenvalue weighted by molar-refractivity contribution is -0.121. The molecule has 0 radical (unpaired) electrons. The summed E-state index contributed by atoms with van der Waals surface area (Å²) in [7, 11) is 3.54. The second-order valence-electron chi connectivity index (χ2n) is 4.06. The molecule has 1 heterocycles. The first-order chi connectivity index (χ1) is 8.04. The number of nitrogens with one attached hydrogen (secondary N) is 1. The number of aromatic nitrogens is 2. The Bertz CT molecular complexity index is 573. The van der Waals surface area contributed by atoms with Gasteiger partial charge in [0.15, 0.2) is 0 Å². The SMILES string of the molecule is CNC(=O)C(N)c1ccc2c(c1)nc(C)n2C. The first-order valence-electron chi connectivity index (χ1n) is 5.44. The van der Waals surface area contributed by atoms with Crippen molar-refractivity contribution in [3.05, 3.63) is 29.6 Å². The van der Waals surface area contributed by atoms with Crippen LogP contribution in [0.5, 0.6) is 0 Å². The number of fused-ring (bicyclic) bond motifs is 1. The molecule has 3 N–H and O–H groups in total. The Morgan fingerprint density at radius 1 is 1.53 bits per heavy atom. The monoisotopic (exact) mass is 232 g/mol. The van der Waals surface area contributed by atoms with Crippen LogP contribution in [0.4, 0.5) is 0 Å². The molecule has 5 nitrogen and oxygen atoms in total. The molecule has 2 rings (SSSR count). The first-order valence-corrected chi connectivity index (χ1v) is 5.44. The molecule has 0 saturated heterocycles. The van der Waals surface area contributed by atoms with Gasteiger partial charge in [-0.1, -0.05) is 6.07 Å². The minimum Gasteiger partial charge on any atom is -0.358 e. The quantitative estimate of drug-likeness (QED) is 0.797. The number of hydrogen-bond acceptors (Lipinski definition) is 3. The van der Waals surface area contributed by atoms with E-state index in [1.165, 1.54) is 0 Å². The molecule has 0 aliphatic rings. The van der Waals surface area contributed by atoms with Crippen LogP contribution in [-0.4, -0.2) is 22.5 Å². The molecule has 0 bridgehead atoms. The predicted molar refractivity (Wildman–Crippen MR) is 66.4 cm³/mol. The smallest absolute Gasteiger partial charge is 0.241 e. The number of benzene rings is 1. The van der Waals surface area contributed by atoms with Crippen molar-refractivity contribution in [2.75, 3.05) is 7.05 Å². The number of aryl methyl sites for hydroxylation is 2. The average Bonchev–Trinajstić information content (AvgIpc) is 2.62. The fourth-order valence-corrected chi connectivity index (χ4v) is 1.84. The van der Waals surface area contributed by atoms with E-state index in [0.29, 0.717) is 0 Å². The van der Waals surface area contributed by atoms with Gasteiger partial charge in [0.1, 0.15) is 11.9 Å². The van der Waals surface area contributed by atoms with E-state index in [4.69, 9.17) is 5.73 Å². The maximum atomic E-state index is 11.5. The number of carbonyl (C=O) groups is 1. The molecule has 1 unspecified atom stereocenters. The van der Waals surface area contributed by atoms with E-state index in [9.17, 15) is 4.79 Å². The van der Waals surface area contributed by atoms with Crippen LogP contribution in [0.1, 0.15) is 17.4 Å². The molecule has 1 aromatic heterocycles. The summed E-state index contributed by atoms with van der Waals surface area (Å²) in [5.41, 5.74) is 8.51. The molecule has 1 aromatic carbocycles. The summed E-state index contributed by atoms with van der Waals surface area (Å²) in [5.74, 6) is 0.739. The minimum atomic E-state index is -0.647. The lowest BCUT2D eigenvalue weighted by Gasteiger charge is -2.10. The molecule has 0 fully saturated rings. The normalized spacial score (nSPS) is 12.7. The summed E-state index contributed by atoms with van der Waals surface area (Å²) in [6.45, 7) is 1.94. The van der Waals surface area contributed by atoms with Crippen molar-refractivity contribution >= 4 is 16.9 Å². The van der Waals surface area contributed by atoms with Crippen LogP contribution in [-0.2, 0) is 11.8 Å². The zero-order valence-electron chi connectivity index (χ0n) is 10.2. The van der Waals surface area contributed by atoms with Crippen molar-refractivity contribution < 1.29 is 4.79 Å². The fourth-order valence-electron chi connectivity index (χ4n) is 1.84. The van der Waals surface area contributed by atoms with Gasteiger partial charge in [-0.25, -0.2) is 4.98 Å². The molecule has 1 atom stereocenters. The number of carbonyl (C=O) groups excluding carboxylic acids is 1.